The summed E-state index contributed by atoms with van der Waals surface area (Å²) in [5.41, 5.74) is 7.37. The van der Waals surface area contributed by atoms with Gasteiger partial charge in [-0.1, -0.05) is 30.0 Å². The lowest BCUT2D eigenvalue weighted by molar-refractivity contribution is 0.364. The first-order chi connectivity index (χ1) is 12.7. The Morgan fingerprint density at radius 3 is 2.77 bits per heavy atom. The molecule has 0 spiro atoms. The van der Waals surface area contributed by atoms with Crippen molar-refractivity contribution in [2.45, 2.75) is 18.3 Å². The SMILES string of the molecule is NC1SC=C(CN2CCCC2)N1c1ncc(Br)cc1Oc1ccccc1. The largest absolute Gasteiger partial charge is 0.453 e. The zero-order valence-corrected chi connectivity index (χ0v) is 16.7. The van der Waals surface area contributed by atoms with Gasteiger partial charge in [0, 0.05) is 29.0 Å². The molecule has 2 N–H and O–H groups in total. The van der Waals surface area contributed by atoms with Crippen LogP contribution in [0.1, 0.15) is 12.8 Å². The van der Waals surface area contributed by atoms with E-state index in [4.69, 9.17) is 10.5 Å². The minimum Gasteiger partial charge on any atom is -0.453 e. The molecule has 1 aromatic heterocycles. The molecule has 1 saturated heterocycles. The van der Waals surface area contributed by atoms with Crippen molar-refractivity contribution >= 4 is 33.5 Å². The van der Waals surface area contributed by atoms with Crippen molar-refractivity contribution < 1.29 is 4.74 Å². The Kier molecular flexibility index (Phi) is 5.49. The van der Waals surface area contributed by atoms with Crippen LogP contribution < -0.4 is 15.4 Å². The summed E-state index contributed by atoms with van der Waals surface area (Å²) in [6, 6.07) is 11.7. The van der Waals surface area contributed by atoms with Gasteiger partial charge in [0.1, 0.15) is 11.2 Å². The molecule has 0 amide bonds. The van der Waals surface area contributed by atoms with Crippen LogP contribution in [0, 0.1) is 0 Å². The van der Waals surface area contributed by atoms with Crippen LogP contribution in [-0.4, -0.2) is 35.0 Å². The topological polar surface area (TPSA) is 54.6 Å². The first-order valence-corrected chi connectivity index (χ1v) is 10.4. The molecule has 5 nitrogen and oxygen atoms in total. The molecular formula is C19H21BrN4OS. The lowest BCUT2D eigenvalue weighted by Crippen LogP contribution is -2.39. The van der Waals surface area contributed by atoms with Gasteiger partial charge >= 0.3 is 0 Å². The lowest BCUT2D eigenvalue weighted by Gasteiger charge is -2.29. The zero-order valence-electron chi connectivity index (χ0n) is 14.3. The Hall–Kier alpha value is -1.54. The number of halogens is 1. The van der Waals surface area contributed by atoms with E-state index in [-0.39, 0.29) is 5.50 Å². The fourth-order valence-electron chi connectivity index (χ4n) is 3.25. The average molecular weight is 433 g/mol. The summed E-state index contributed by atoms with van der Waals surface area (Å²) in [7, 11) is 0. The van der Waals surface area contributed by atoms with Crippen LogP contribution in [-0.2, 0) is 0 Å². The van der Waals surface area contributed by atoms with Crippen molar-refractivity contribution in [2.75, 3.05) is 24.5 Å². The predicted molar refractivity (Wildman–Crippen MR) is 110 cm³/mol. The molecule has 7 heteroatoms. The van der Waals surface area contributed by atoms with Gasteiger partial charge in [-0.05, 0) is 59.4 Å². The molecule has 1 atom stereocenters. The molecular weight excluding hydrogens is 412 g/mol. The molecule has 0 saturated carbocycles. The predicted octanol–water partition coefficient (Wildman–Crippen LogP) is 4.37. The number of nitrogens with two attached hydrogens (primary N) is 1. The van der Waals surface area contributed by atoms with Gasteiger partial charge in [-0.3, -0.25) is 9.80 Å². The van der Waals surface area contributed by atoms with Gasteiger partial charge in [0.05, 0.1) is 0 Å². The molecule has 26 heavy (non-hydrogen) atoms. The van der Waals surface area contributed by atoms with Crippen molar-refractivity contribution in [3.8, 4) is 11.5 Å². The highest BCUT2D eigenvalue weighted by molar-refractivity contribution is 9.10. The molecule has 2 aliphatic heterocycles. The number of rotatable bonds is 5. The van der Waals surface area contributed by atoms with E-state index in [0.29, 0.717) is 5.75 Å². The van der Waals surface area contributed by atoms with Crippen LogP contribution in [0.3, 0.4) is 0 Å². The molecule has 0 bridgehead atoms. The molecule has 1 unspecified atom stereocenters. The van der Waals surface area contributed by atoms with Gasteiger partial charge in [-0.15, -0.1) is 0 Å². The minimum absolute atomic E-state index is 0.195. The first-order valence-electron chi connectivity index (χ1n) is 8.71. The van der Waals surface area contributed by atoms with Crippen molar-refractivity contribution in [1.82, 2.24) is 9.88 Å². The number of pyridine rings is 1. The van der Waals surface area contributed by atoms with Crippen molar-refractivity contribution in [1.29, 1.82) is 0 Å². The minimum atomic E-state index is -0.195. The number of benzene rings is 1. The van der Waals surface area contributed by atoms with Gasteiger partial charge in [-0.25, -0.2) is 4.98 Å². The lowest BCUT2D eigenvalue weighted by atomic mass is 10.3. The smallest absolute Gasteiger partial charge is 0.178 e. The second-order valence-corrected chi connectivity index (χ2v) is 8.29. The third-order valence-corrected chi connectivity index (χ3v) is 5.82. The number of nitrogens with zero attached hydrogens (tertiary/aromatic N) is 3. The molecule has 2 aromatic rings. The summed E-state index contributed by atoms with van der Waals surface area (Å²) in [6.07, 6.45) is 4.33. The third kappa shape index (κ3) is 3.91. The number of likely N-dealkylation sites (tertiary alicyclic amines) is 1. The number of thioether (sulfide) groups is 1. The van der Waals surface area contributed by atoms with Gasteiger partial charge < -0.3 is 10.5 Å². The van der Waals surface area contributed by atoms with Crippen LogP contribution in [0.4, 0.5) is 5.82 Å². The maximum absolute atomic E-state index is 6.39. The van der Waals surface area contributed by atoms with Gasteiger partial charge in [0.2, 0.25) is 0 Å². The summed E-state index contributed by atoms with van der Waals surface area (Å²) in [4.78, 5) is 9.19. The first kappa shape index (κ1) is 17.9. The Morgan fingerprint density at radius 2 is 2.00 bits per heavy atom. The quantitative estimate of drug-likeness (QED) is 0.756. The van der Waals surface area contributed by atoms with Crippen LogP contribution in [0.15, 0.2) is 58.2 Å². The van der Waals surface area contributed by atoms with E-state index in [1.54, 1.807) is 18.0 Å². The number of para-hydroxylation sites is 1. The standard InChI is InChI=1S/C19H21BrN4OS/c20-14-10-17(25-16-6-2-1-3-7-16)18(22-11-14)24-15(13-26-19(24)21)12-23-8-4-5-9-23/h1-3,6-7,10-11,13,19H,4-5,8-9,12,21H2. The molecule has 0 radical (unpaired) electrons. The maximum atomic E-state index is 6.39. The average Bonchev–Trinajstić information content (AvgIpc) is 3.27. The Morgan fingerprint density at radius 1 is 1.23 bits per heavy atom. The molecule has 2 aliphatic rings. The Balaban J connectivity index is 1.63. The van der Waals surface area contributed by atoms with Gasteiger partial charge in [0.15, 0.2) is 11.6 Å². The molecule has 0 aliphatic carbocycles. The van der Waals surface area contributed by atoms with E-state index in [2.05, 4.69) is 36.1 Å². The highest BCUT2D eigenvalue weighted by Crippen LogP contribution is 2.40. The summed E-state index contributed by atoms with van der Waals surface area (Å²) in [5.74, 6) is 2.22. The molecule has 1 aromatic carbocycles. The van der Waals surface area contributed by atoms with Gasteiger partial charge in [0.25, 0.3) is 0 Å². The zero-order chi connectivity index (χ0) is 17.9. The van der Waals surface area contributed by atoms with Crippen LogP contribution in [0.5, 0.6) is 11.5 Å². The normalized spacial score (nSPS) is 20.5. The van der Waals surface area contributed by atoms with Crippen molar-refractivity contribution in [3.05, 3.63) is 58.2 Å². The summed E-state index contributed by atoms with van der Waals surface area (Å²) < 4.78 is 7.00. The molecule has 4 rings (SSSR count). The number of hydrogen-bond acceptors (Lipinski definition) is 6. The van der Waals surface area contributed by atoms with E-state index >= 15 is 0 Å². The van der Waals surface area contributed by atoms with E-state index in [0.717, 1.165) is 35.7 Å². The summed E-state index contributed by atoms with van der Waals surface area (Å²) in [6.45, 7) is 3.18. The van der Waals surface area contributed by atoms with E-state index < -0.39 is 0 Å². The van der Waals surface area contributed by atoms with E-state index in [9.17, 15) is 0 Å². The monoisotopic (exact) mass is 432 g/mol. The third-order valence-electron chi connectivity index (χ3n) is 4.49. The summed E-state index contributed by atoms with van der Waals surface area (Å²) in [5, 5.41) is 2.15. The fraction of sp³-hybridized carbons (Fsp3) is 0.316. The van der Waals surface area contributed by atoms with Crippen LogP contribution in [0.2, 0.25) is 0 Å². The number of hydrogen-bond donors (Lipinski definition) is 1. The molecule has 136 valence electrons. The Labute approximate surface area is 166 Å². The number of ether oxygens (including phenoxy) is 1. The van der Waals surface area contributed by atoms with Gasteiger partial charge in [-0.2, -0.15) is 0 Å². The summed E-state index contributed by atoms with van der Waals surface area (Å²) >= 11 is 5.12. The van der Waals surface area contributed by atoms with Crippen LogP contribution in [0.25, 0.3) is 0 Å². The second kappa shape index (κ2) is 8.00. The maximum Gasteiger partial charge on any atom is 0.178 e. The van der Waals surface area contributed by atoms with Crippen molar-refractivity contribution in [2.24, 2.45) is 5.73 Å². The fourth-order valence-corrected chi connectivity index (χ4v) is 4.41. The highest BCUT2D eigenvalue weighted by Gasteiger charge is 2.30. The number of aromatic nitrogens is 1. The van der Waals surface area contributed by atoms with E-state index in [1.165, 1.54) is 18.5 Å². The molecule has 3 heterocycles. The Bertz CT molecular complexity index is 795. The highest BCUT2D eigenvalue weighted by atomic mass is 79.9. The van der Waals surface area contributed by atoms with E-state index in [1.807, 2.05) is 36.4 Å². The van der Waals surface area contributed by atoms with Crippen LogP contribution >= 0.6 is 27.7 Å². The second-order valence-electron chi connectivity index (χ2n) is 6.38. The van der Waals surface area contributed by atoms with Crippen molar-refractivity contribution in [3.63, 3.8) is 0 Å². The number of anilines is 1. The molecule has 1 fully saturated rings.